The minimum atomic E-state index is -0.565. The zero-order valence-electron chi connectivity index (χ0n) is 7.15. The maximum absolute atomic E-state index is 13.0. The average Bonchev–Trinajstić information content (AvgIpc) is 2.09. The van der Waals surface area contributed by atoms with E-state index < -0.39 is 11.6 Å². The number of hydrogen-bond acceptors (Lipinski definition) is 0. The Balaban J connectivity index is 3.08. The summed E-state index contributed by atoms with van der Waals surface area (Å²) in [6.45, 7) is 1.59. The largest absolute Gasteiger partial charge is 0.207 e. The van der Waals surface area contributed by atoms with Crippen molar-refractivity contribution in [1.82, 2.24) is 0 Å². The predicted octanol–water partition coefficient (Wildman–Crippen LogP) is 3.53. The summed E-state index contributed by atoms with van der Waals surface area (Å²) in [6.07, 6.45) is 3.14. The van der Waals surface area contributed by atoms with Gasteiger partial charge in [-0.25, -0.2) is 8.78 Å². The van der Waals surface area contributed by atoms with E-state index in [1.807, 2.05) is 0 Å². The van der Waals surface area contributed by atoms with Gasteiger partial charge < -0.3 is 0 Å². The second kappa shape index (κ2) is 4.38. The highest BCUT2D eigenvalue weighted by atomic mass is 35.5. The molecule has 0 bridgehead atoms. The Hall–Kier alpha value is -0.890. The van der Waals surface area contributed by atoms with Crippen LogP contribution in [0.2, 0.25) is 0 Å². The lowest BCUT2D eigenvalue weighted by Gasteiger charge is -2.00. The Kier molecular flexibility index (Phi) is 3.43. The SMILES string of the molecule is Cc1cc(C=CCCl)c(F)cc1F. The van der Waals surface area contributed by atoms with Crippen LogP contribution in [0.5, 0.6) is 0 Å². The van der Waals surface area contributed by atoms with Crippen molar-refractivity contribution in [2.75, 3.05) is 5.88 Å². The number of hydrogen-bond donors (Lipinski definition) is 0. The molecule has 1 aromatic carbocycles. The summed E-state index contributed by atoms with van der Waals surface area (Å²) in [5.74, 6) is -0.777. The monoisotopic (exact) mass is 202 g/mol. The molecular weight excluding hydrogens is 194 g/mol. The van der Waals surface area contributed by atoms with Crippen LogP contribution < -0.4 is 0 Å². The first kappa shape index (κ1) is 10.2. The van der Waals surface area contributed by atoms with Gasteiger partial charge >= 0.3 is 0 Å². The highest BCUT2D eigenvalue weighted by molar-refractivity contribution is 6.19. The highest BCUT2D eigenvalue weighted by Gasteiger charge is 2.03. The van der Waals surface area contributed by atoms with E-state index in [1.54, 1.807) is 13.0 Å². The lowest BCUT2D eigenvalue weighted by Crippen LogP contribution is -1.89. The smallest absolute Gasteiger partial charge is 0.133 e. The van der Waals surface area contributed by atoms with Gasteiger partial charge in [-0.3, -0.25) is 0 Å². The molecule has 0 saturated carbocycles. The Labute approximate surface area is 80.8 Å². The topological polar surface area (TPSA) is 0 Å². The van der Waals surface area contributed by atoms with E-state index in [2.05, 4.69) is 0 Å². The molecule has 0 unspecified atom stereocenters. The van der Waals surface area contributed by atoms with Gasteiger partial charge in [-0.15, -0.1) is 11.6 Å². The number of benzene rings is 1. The molecule has 0 amide bonds. The summed E-state index contributed by atoms with van der Waals surface area (Å²) < 4.78 is 25.8. The Morgan fingerprint density at radius 2 is 2.00 bits per heavy atom. The third-order valence-corrected chi connectivity index (χ3v) is 1.84. The fourth-order valence-electron chi connectivity index (χ4n) is 0.979. The Bertz CT molecular complexity index is 332. The summed E-state index contributed by atoms with van der Waals surface area (Å²) in [5.41, 5.74) is 0.787. The van der Waals surface area contributed by atoms with Gasteiger partial charge in [-0.05, 0) is 18.6 Å². The van der Waals surface area contributed by atoms with E-state index in [9.17, 15) is 8.78 Å². The van der Waals surface area contributed by atoms with Gasteiger partial charge in [-0.1, -0.05) is 12.2 Å². The van der Waals surface area contributed by atoms with Crippen molar-refractivity contribution in [2.24, 2.45) is 0 Å². The van der Waals surface area contributed by atoms with E-state index in [1.165, 1.54) is 12.1 Å². The first-order chi connectivity index (χ1) is 6.15. The van der Waals surface area contributed by atoms with Gasteiger partial charge in [-0.2, -0.15) is 0 Å². The van der Waals surface area contributed by atoms with Gasteiger partial charge in [0, 0.05) is 17.5 Å². The quantitative estimate of drug-likeness (QED) is 0.644. The van der Waals surface area contributed by atoms with Crippen LogP contribution in [0.15, 0.2) is 18.2 Å². The molecule has 0 spiro atoms. The van der Waals surface area contributed by atoms with Crippen molar-refractivity contribution in [2.45, 2.75) is 6.92 Å². The minimum Gasteiger partial charge on any atom is -0.207 e. The molecule has 70 valence electrons. The molecule has 0 N–H and O–H groups in total. The van der Waals surface area contributed by atoms with Crippen molar-refractivity contribution in [3.8, 4) is 0 Å². The van der Waals surface area contributed by atoms with Crippen LogP contribution in [0, 0.1) is 18.6 Å². The first-order valence-corrected chi connectivity index (χ1v) is 4.36. The molecule has 0 nitrogen and oxygen atoms in total. The summed E-state index contributed by atoms with van der Waals surface area (Å²) >= 11 is 5.39. The summed E-state index contributed by atoms with van der Waals surface area (Å²) in [6, 6.07) is 2.33. The number of alkyl halides is 1. The van der Waals surface area contributed by atoms with Gasteiger partial charge in [0.25, 0.3) is 0 Å². The standard InChI is InChI=1S/C10H9ClF2/c1-7-5-8(3-2-4-11)10(13)6-9(7)12/h2-3,5-6H,4H2,1H3. The lowest BCUT2D eigenvalue weighted by atomic mass is 10.1. The highest BCUT2D eigenvalue weighted by Crippen LogP contribution is 2.15. The van der Waals surface area contributed by atoms with E-state index in [0.717, 1.165) is 6.07 Å². The fourth-order valence-corrected chi connectivity index (χ4v) is 1.07. The van der Waals surface area contributed by atoms with Crippen LogP contribution in [-0.2, 0) is 0 Å². The van der Waals surface area contributed by atoms with Crippen molar-refractivity contribution in [1.29, 1.82) is 0 Å². The van der Waals surface area contributed by atoms with Crippen LogP contribution in [0.3, 0.4) is 0 Å². The zero-order valence-corrected chi connectivity index (χ0v) is 7.91. The van der Waals surface area contributed by atoms with Crippen LogP contribution in [0.25, 0.3) is 6.08 Å². The van der Waals surface area contributed by atoms with Crippen molar-refractivity contribution < 1.29 is 8.78 Å². The average molecular weight is 203 g/mol. The van der Waals surface area contributed by atoms with Gasteiger partial charge in [0.15, 0.2) is 0 Å². The molecule has 0 atom stereocenters. The zero-order chi connectivity index (χ0) is 9.84. The van der Waals surface area contributed by atoms with E-state index in [0.29, 0.717) is 17.0 Å². The fraction of sp³-hybridized carbons (Fsp3) is 0.200. The molecule has 0 aliphatic carbocycles. The normalized spacial score (nSPS) is 11.1. The Morgan fingerprint density at radius 1 is 1.31 bits per heavy atom. The molecule has 13 heavy (non-hydrogen) atoms. The molecule has 0 radical (unpaired) electrons. The third kappa shape index (κ3) is 2.52. The summed E-state index contributed by atoms with van der Waals surface area (Å²) in [5, 5.41) is 0. The van der Waals surface area contributed by atoms with E-state index in [-0.39, 0.29) is 0 Å². The number of allylic oxidation sites excluding steroid dienone is 1. The minimum absolute atomic E-state index is 0.315. The molecule has 1 aromatic rings. The molecule has 0 fully saturated rings. The van der Waals surface area contributed by atoms with Crippen LogP contribution in [-0.4, -0.2) is 5.88 Å². The van der Waals surface area contributed by atoms with Crippen LogP contribution >= 0.6 is 11.6 Å². The van der Waals surface area contributed by atoms with E-state index >= 15 is 0 Å². The molecule has 0 aromatic heterocycles. The number of halogens is 3. The predicted molar refractivity (Wildman–Crippen MR) is 50.8 cm³/mol. The maximum atomic E-state index is 13.0. The van der Waals surface area contributed by atoms with Crippen molar-refractivity contribution >= 4 is 17.7 Å². The Morgan fingerprint density at radius 3 is 2.62 bits per heavy atom. The van der Waals surface area contributed by atoms with Crippen molar-refractivity contribution in [3.63, 3.8) is 0 Å². The van der Waals surface area contributed by atoms with E-state index in [4.69, 9.17) is 11.6 Å². The van der Waals surface area contributed by atoms with Gasteiger partial charge in [0.2, 0.25) is 0 Å². The maximum Gasteiger partial charge on any atom is 0.133 e. The second-order valence-corrected chi connectivity index (χ2v) is 2.99. The molecular formula is C10H9ClF2. The van der Waals surface area contributed by atoms with Gasteiger partial charge in [0.05, 0.1) is 0 Å². The van der Waals surface area contributed by atoms with Crippen LogP contribution in [0.1, 0.15) is 11.1 Å². The number of aryl methyl sites for hydroxylation is 1. The first-order valence-electron chi connectivity index (χ1n) is 3.83. The second-order valence-electron chi connectivity index (χ2n) is 2.68. The molecule has 0 saturated heterocycles. The summed E-state index contributed by atoms with van der Waals surface area (Å²) in [7, 11) is 0. The number of rotatable bonds is 2. The van der Waals surface area contributed by atoms with Crippen molar-refractivity contribution in [3.05, 3.63) is 41.0 Å². The lowest BCUT2D eigenvalue weighted by molar-refractivity contribution is 0.576. The molecule has 3 heteroatoms. The summed E-state index contributed by atoms with van der Waals surface area (Å²) in [4.78, 5) is 0. The molecule has 0 aliphatic rings. The van der Waals surface area contributed by atoms with Gasteiger partial charge in [0.1, 0.15) is 11.6 Å². The molecule has 0 heterocycles. The van der Waals surface area contributed by atoms with Crippen LogP contribution in [0.4, 0.5) is 8.78 Å². The molecule has 1 rings (SSSR count). The third-order valence-electron chi connectivity index (χ3n) is 1.66. The molecule has 0 aliphatic heterocycles.